The molecule has 0 saturated carbocycles. The molecule has 2 aliphatic heterocycles. The molecule has 118 valence electrons. The molecule has 6 heteroatoms. The molecule has 0 N–H and O–H groups in total. The maximum absolute atomic E-state index is 12.0. The van der Waals surface area contributed by atoms with Gasteiger partial charge >= 0.3 is 5.97 Å². The normalized spacial score (nSPS) is 16.9. The summed E-state index contributed by atoms with van der Waals surface area (Å²) in [6.45, 7) is 3.95. The molecule has 0 atom stereocenters. The first-order valence-electron chi connectivity index (χ1n) is 7.63. The maximum atomic E-state index is 12.0. The Labute approximate surface area is 142 Å². The highest BCUT2D eigenvalue weighted by Crippen LogP contribution is 2.46. The fourth-order valence-corrected chi connectivity index (χ4v) is 5.07. The number of thioether (sulfide) groups is 1. The molecule has 23 heavy (non-hydrogen) atoms. The van der Waals surface area contributed by atoms with Crippen molar-refractivity contribution in [3.8, 4) is 0 Å². The summed E-state index contributed by atoms with van der Waals surface area (Å²) >= 11 is 3.35. The van der Waals surface area contributed by atoms with Gasteiger partial charge in [0, 0.05) is 32.5 Å². The van der Waals surface area contributed by atoms with Gasteiger partial charge in [-0.15, -0.1) is 11.3 Å². The first-order chi connectivity index (χ1) is 11.3. The Morgan fingerprint density at radius 1 is 1.39 bits per heavy atom. The molecule has 1 aromatic heterocycles. The van der Waals surface area contributed by atoms with Crippen molar-refractivity contribution in [3.05, 3.63) is 40.1 Å². The van der Waals surface area contributed by atoms with Gasteiger partial charge in [0.1, 0.15) is 0 Å². The predicted octanol–water partition coefficient (Wildman–Crippen LogP) is 3.94. The highest BCUT2D eigenvalue weighted by Gasteiger charge is 2.34. The van der Waals surface area contributed by atoms with E-state index in [9.17, 15) is 4.79 Å². The summed E-state index contributed by atoms with van der Waals surface area (Å²) in [6, 6.07) is 8.40. The Morgan fingerprint density at radius 3 is 3.13 bits per heavy atom. The number of nitrogens with zero attached hydrogens (tertiary/aromatic N) is 2. The first-order valence-corrected chi connectivity index (χ1v) is 9.32. The van der Waals surface area contributed by atoms with Crippen molar-refractivity contribution < 1.29 is 9.53 Å². The molecule has 0 bridgehead atoms. The number of aliphatic imine (C=N–C) groups is 1. The SMILES string of the molecule is CCOC(=O)CC1=C(c2csc3ccccc23)N2CCN=C2S1. The topological polar surface area (TPSA) is 41.9 Å². The number of amidine groups is 1. The fourth-order valence-electron chi connectivity index (χ4n) is 2.95. The monoisotopic (exact) mass is 344 g/mol. The molecule has 0 radical (unpaired) electrons. The number of carbonyl (C=O) groups is 1. The summed E-state index contributed by atoms with van der Waals surface area (Å²) in [5.74, 6) is -0.172. The molecular weight excluding hydrogens is 328 g/mol. The van der Waals surface area contributed by atoms with Gasteiger partial charge in [-0.1, -0.05) is 30.0 Å². The third-order valence-electron chi connectivity index (χ3n) is 3.90. The smallest absolute Gasteiger partial charge is 0.310 e. The second-order valence-corrected chi connectivity index (χ2v) is 7.29. The van der Waals surface area contributed by atoms with E-state index in [-0.39, 0.29) is 5.97 Å². The summed E-state index contributed by atoms with van der Waals surface area (Å²) < 4.78 is 6.40. The lowest BCUT2D eigenvalue weighted by Gasteiger charge is -2.16. The number of esters is 1. The van der Waals surface area contributed by atoms with Crippen molar-refractivity contribution in [2.75, 3.05) is 19.7 Å². The lowest BCUT2D eigenvalue weighted by Crippen LogP contribution is -2.20. The molecule has 0 fully saturated rings. The van der Waals surface area contributed by atoms with Crippen LogP contribution in [-0.4, -0.2) is 35.7 Å². The van der Waals surface area contributed by atoms with E-state index in [1.165, 1.54) is 15.6 Å². The Kier molecular flexibility index (Phi) is 3.87. The standard InChI is InChI=1S/C17H16N2O2S2/c1-2-21-15(20)9-14-16(19-8-7-18-17(19)23-14)12-10-22-13-6-4-3-5-11(12)13/h3-6,10H,2,7-9H2,1H3. The number of carbonyl (C=O) groups excluding carboxylic acids is 1. The van der Waals surface area contributed by atoms with Crippen molar-refractivity contribution in [1.82, 2.24) is 4.90 Å². The fraction of sp³-hybridized carbons (Fsp3) is 0.294. The van der Waals surface area contributed by atoms with Crippen LogP contribution in [0.5, 0.6) is 0 Å². The van der Waals surface area contributed by atoms with E-state index in [0.29, 0.717) is 13.0 Å². The Hall–Kier alpha value is -1.79. The second kappa shape index (κ2) is 6.02. The van der Waals surface area contributed by atoms with Crippen LogP contribution in [0.15, 0.2) is 39.5 Å². The summed E-state index contributed by atoms with van der Waals surface area (Å²) in [6.07, 6.45) is 0.313. The van der Waals surface area contributed by atoms with Crippen LogP contribution in [0.1, 0.15) is 18.9 Å². The van der Waals surface area contributed by atoms with E-state index in [4.69, 9.17) is 4.74 Å². The van der Waals surface area contributed by atoms with Gasteiger partial charge in [0.25, 0.3) is 0 Å². The van der Waals surface area contributed by atoms with Crippen LogP contribution in [0, 0.1) is 0 Å². The Bertz CT molecular complexity index is 838. The largest absolute Gasteiger partial charge is 0.466 e. The van der Waals surface area contributed by atoms with Crippen LogP contribution in [0.25, 0.3) is 15.8 Å². The molecule has 3 heterocycles. The number of hydrogen-bond acceptors (Lipinski definition) is 6. The zero-order chi connectivity index (χ0) is 15.8. The first kappa shape index (κ1) is 14.8. The van der Waals surface area contributed by atoms with Crippen LogP contribution in [0.3, 0.4) is 0 Å². The number of fused-ring (bicyclic) bond motifs is 2. The van der Waals surface area contributed by atoms with Gasteiger partial charge in [0.05, 0.1) is 25.3 Å². The third kappa shape index (κ3) is 2.56. The summed E-state index contributed by atoms with van der Waals surface area (Å²) in [5.41, 5.74) is 2.33. The minimum atomic E-state index is -0.172. The van der Waals surface area contributed by atoms with E-state index < -0.39 is 0 Å². The lowest BCUT2D eigenvalue weighted by molar-refractivity contribution is -0.142. The van der Waals surface area contributed by atoms with E-state index in [0.717, 1.165) is 28.9 Å². The van der Waals surface area contributed by atoms with Gasteiger partial charge in [-0.25, -0.2) is 0 Å². The molecular formula is C17H16N2O2S2. The highest BCUT2D eigenvalue weighted by atomic mass is 32.2. The molecule has 0 amide bonds. The van der Waals surface area contributed by atoms with Gasteiger partial charge < -0.3 is 9.64 Å². The minimum Gasteiger partial charge on any atom is -0.466 e. The number of ether oxygens (including phenoxy) is 1. The number of benzene rings is 1. The molecule has 0 spiro atoms. The average Bonchev–Trinajstić information content (AvgIpc) is 3.21. The zero-order valence-corrected chi connectivity index (χ0v) is 14.4. The molecule has 4 rings (SSSR count). The minimum absolute atomic E-state index is 0.172. The molecule has 2 aliphatic rings. The molecule has 2 aromatic rings. The quantitative estimate of drug-likeness (QED) is 0.788. The molecule has 0 unspecified atom stereocenters. The summed E-state index contributed by atoms with van der Waals surface area (Å²) in [7, 11) is 0. The van der Waals surface area contributed by atoms with Gasteiger partial charge in [-0.2, -0.15) is 0 Å². The highest BCUT2D eigenvalue weighted by molar-refractivity contribution is 8.17. The Morgan fingerprint density at radius 2 is 2.26 bits per heavy atom. The van der Waals surface area contributed by atoms with Crippen molar-refractivity contribution in [2.45, 2.75) is 13.3 Å². The summed E-state index contributed by atoms with van der Waals surface area (Å²) in [5, 5.41) is 4.43. The van der Waals surface area contributed by atoms with Crippen LogP contribution >= 0.6 is 23.1 Å². The van der Waals surface area contributed by atoms with Crippen LogP contribution in [-0.2, 0) is 9.53 Å². The van der Waals surface area contributed by atoms with Gasteiger partial charge in [-0.05, 0) is 13.0 Å². The van der Waals surface area contributed by atoms with Gasteiger partial charge in [-0.3, -0.25) is 9.79 Å². The van der Waals surface area contributed by atoms with Crippen molar-refractivity contribution in [2.24, 2.45) is 4.99 Å². The maximum Gasteiger partial charge on any atom is 0.310 e. The third-order valence-corrected chi connectivity index (χ3v) is 5.98. The second-order valence-electron chi connectivity index (χ2n) is 5.32. The number of hydrogen-bond donors (Lipinski definition) is 0. The predicted molar refractivity (Wildman–Crippen MR) is 96.6 cm³/mol. The molecule has 0 saturated heterocycles. The van der Waals surface area contributed by atoms with E-state index in [1.807, 2.05) is 6.92 Å². The van der Waals surface area contributed by atoms with E-state index in [1.54, 1.807) is 23.1 Å². The number of thiophene rings is 1. The van der Waals surface area contributed by atoms with Crippen LogP contribution in [0.4, 0.5) is 0 Å². The van der Waals surface area contributed by atoms with Crippen molar-refractivity contribution >= 4 is 50.0 Å². The Balaban J connectivity index is 1.80. The van der Waals surface area contributed by atoms with E-state index in [2.05, 4.69) is 39.5 Å². The number of rotatable bonds is 4. The van der Waals surface area contributed by atoms with E-state index >= 15 is 0 Å². The molecule has 0 aliphatic carbocycles. The van der Waals surface area contributed by atoms with Crippen LogP contribution < -0.4 is 0 Å². The average molecular weight is 344 g/mol. The van der Waals surface area contributed by atoms with Gasteiger partial charge in [0.15, 0.2) is 5.17 Å². The van der Waals surface area contributed by atoms with Gasteiger partial charge in [0.2, 0.25) is 0 Å². The molecule has 1 aromatic carbocycles. The van der Waals surface area contributed by atoms with Crippen molar-refractivity contribution in [3.63, 3.8) is 0 Å². The van der Waals surface area contributed by atoms with Crippen LogP contribution in [0.2, 0.25) is 0 Å². The zero-order valence-electron chi connectivity index (χ0n) is 12.7. The molecule has 4 nitrogen and oxygen atoms in total. The lowest BCUT2D eigenvalue weighted by atomic mass is 10.1. The summed E-state index contributed by atoms with van der Waals surface area (Å²) in [4.78, 5) is 19.8. The van der Waals surface area contributed by atoms with Crippen molar-refractivity contribution in [1.29, 1.82) is 0 Å².